The fraction of sp³-hybridized carbons (Fsp3) is 0.235. The van der Waals surface area contributed by atoms with Crippen molar-refractivity contribution in [2.75, 3.05) is 13.6 Å². The van der Waals surface area contributed by atoms with Gasteiger partial charge in [0.2, 0.25) is 0 Å². The van der Waals surface area contributed by atoms with E-state index in [9.17, 15) is 0 Å². The quantitative estimate of drug-likeness (QED) is 0.673. The molecule has 0 saturated carbocycles. The second-order valence-electron chi connectivity index (χ2n) is 5.45. The number of para-hydroxylation sites is 1. The maximum absolute atomic E-state index is 4.55. The molecule has 1 aliphatic rings. The zero-order valence-electron chi connectivity index (χ0n) is 11.6. The molecule has 0 fully saturated rings. The molecule has 0 spiro atoms. The topological polar surface area (TPSA) is 21.1 Å². The normalized spacial score (nSPS) is 15.4. The summed E-state index contributed by atoms with van der Waals surface area (Å²) in [7, 11) is 2.19. The predicted octanol–water partition coefficient (Wildman–Crippen LogP) is 3.01. The molecule has 3 heteroatoms. The van der Waals surface area contributed by atoms with Crippen LogP contribution in [0.3, 0.4) is 0 Å². The lowest BCUT2D eigenvalue weighted by Crippen LogP contribution is -2.27. The average Bonchev–Trinajstić information content (AvgIpc) is 2.82. The molecule has 1 aliphatic heterocycles. The summed E-state index contributed by atoms with van der Waals surface area (Å²) in [5.74, 6) is 1.02. The lowest BCUT2D eigenvalue weighted by molar-refractivity contribution is 0.311. The highest BCUT2D eigenvalue weighted by Crippen LogP contribution is 2.32. The molecule has 3 nitrogen and oxygen atoms in total. The third-order valence-electron chi connectivity index (χ3n) is 4.13. The van der Waals surface area contributed by atoms with Gasteiger partial charge in [0.15, 0.2) is 0 Å². The van der Waals surface area contributed by atoms with Gasteiger partial charge in [0, 0.05) is 36.8 Å². The number of pyridine rings is 1. The summed E-state index contributed by atoms with van der Waals surface area (Å²) in [4.78, 5) is 6.93. The Labute approximate surface area is 118 Å². The monoisotopic (exact) mass is 263 g/mol. The van der Waals surface area contributed by atoms with Gasteiger partial charge in [0.05, 0.1) is 5.52 Å². The van der Waals surface area contributed by atoms with E-state index in [2.05, 4.69) is 57.9 Å². The Hall–Kier alpha value is -2.13. The maximum atomic E-state index is 4.55. The molecule has 3 aromatic rings. The minimum absolute atomic E-state index is 1.02. The van der Waals surface area contributed by atoms with Gasteiger partial charge in [-0.15, -0.1) is 0 Å². The molecule has 0 unspecified atom stereocenters. The van der Waals surface area contributed by atoms with Crippen LogP contribution in [0.4, 0.5) is 0 Å². The van der Waals surface area contributed by atoms with Crippen LogP contribution in [0, 0.1) is 0 Å². The lowest BCUT2D eigenvalue weighted by Gasteiger charge is -2.24. The molecule has 4 rings (SSSR count). The standard InChI is InChI=1S/C17H17N3/c1-19-11-9-16-14(12-19)13-6-2-3-7-15(13)20(16)17-8-4-5-10-18-17/h2-8,10H,9,11-12H2,1H3. The molecule has 0 radical (unpaired) electrons. The molecule has 0 N–H and O–H groups in total. The fourth-order valence-electron chi connectivity index (χ4n) is 3.19. The molecular formula is C17H17N3. The summed E-state index contributed by atoms with van der Waals surface area (Å²) in [5.41, 5.74) is 4.15. The number of hydrogen-bond acceptors (Lipinski definition) is 2. The maximum Gasteiger partial charge on any atom is 0.137 e. The Morgan fingerprint density at radius 2 is 1.90 bits per heavy atom. The molecule has 0 aliphatic carbocycles. The molecule has 0 saturated heterocycles. The highest BCUT2D eigenvalue weighted by molar-refractivity contribution is 5.87. The van der Waals surface area contributed by atoms with Crippen molar-refractivity contribution in [3.8, 4) is 5.82 Å². The third kappa shape index (κ3) is 1.67. The molecule has 0 bridgehead atoms. The van der Waals surface area contributed by atoms with Crippen molar-refractivity contribution in [1.82, 2.24) is 14.5 Å². The molecule has 3 heterocycles. The molecule has 20 heavy (non-hydrogen) atoms. The number of rotatable bonds is 1. The Bertz CT molecular complexity index is 759. The van der Waals surface area contributed by atoms with Gasteiger partial charge < -0.3 is 4.90 Å². The van der Waals surface area contributed by atoms with Crippen molar-refractivity contribution < 1.29 is 0 Å². The van der Waals surface area contributed by atoms with Crippen LogP contribution in [0.25, 0.3) is 16.7 Å². The average molecular weight is 263 g/mol. The van der Waals surface area contributed by atoms with E-state index < -0.39 is 0 Å². The van der Waals surface area contributed by atoms with Crippen LogP contribution in [0.2, 0.25) is 0 Å². The number of aromatic nitrogens is 2. The van der Waals surface area contributed by atoms with Crippen LogP contribution < -0.4 is 0 Å². The Morgan fingerprint density at radius 3 is 2.75 bits per heavy atom. The van der Waals surface area contributed by atoms with Crippen molar-refractivity contribution in [2.45, 2.75) is 13.0 Å². The second-order valence-corrected chi connectivity index (χ2v) is 5.45. The van der Waals surface area contributed by atoms with E-state index in [0.717, 1.165) is 25.3 Å². The molecule has 100 valence electrons. The molecular weight excluding hydrogens is 246 g/mol. The van der Waals surface area contributed by atoms with Gasteiger partial charge >= 0.3 is 0 Å². The first-order valence-corrected chi connectivity index (χ1v) is 7.06. The highest BCUT2D eigenvalue weighted by Gasteiger charge is 2.22. The van der Waals surface area contributed by atoms with Gasteiger partial charge in [-0.05, 0) is 30.8 Å². The Morgan fingerprint density at radius 1 is 1.05 bits per heavy atom. The summed E-state index contributed by atoms with van der Waals surface area (Å²) in [5, 5.41) is 1.36. The lowest BCUT2D eigenvalue weighted by atomic mass is 10.1. The molecule has 0 atom stereocenters. The number of hydrogen-bond donors (Lipinski definition) is 0. The summed E-state index contributed by atoms with van der Waals surface area (Å²) < 4.78 is 2.33. The summed E-state index contributed by atoms with van der Waals surface area (Å²) in [6.07, 6.45) is 2.95. The van der Waals surface area contributed by atoms with E-state index in [1.807, 2.05) is 12.3 Å². The zero-order valence-corrected chi connectivity index (χ0v) is 11.6. The molecule has 0 amide bonds. The largest absolute Gasteiger partial charge is 0.302 e. The van der Waals surface area contributed by atoms with E-state index in [4.69, 9.17) is 0 Å². The first-order chi connectivity index (χ1) is 9.84. The van der Waals surface area contributed by atoms with Crippen LogP contribution in [-0.4, -0.2) is 28.0 Å². The van der Waals surface area contributed by atoms with E-state index in [1.165, 1.54) is 22.2 Å². The van der Waals surface area contributed by atoms with Gasteiger partial charge in [-0.25, -0.2) is 4.98 Å². The van der Waals surface area contributed by atoms with E-state index in [0.29, 0.717) is 0 Å². The van der Waals surface area contributed by atoms with Crippen LogP contribution in [0.5, 0.6) is 0 Å². The van der Waals surface area contributed by atoms with Crippen LogP contribution in [0.1, 0.15) is 11.3 Å². The summed E-state index contributed by atoms with van der Waals surface area (Å²) in [6, 6.07) is 14.8. The van der Waals surface area contributed by atoms with Gasteiger partial charge in [0.25, 0.3) is 0 Å². The Balaban J connectivity index is 2.06. The van der Waals surface area contributed by atoms with Crippen LogP contribution >= 0.6 is 0 Å². The minimum atomic E-state index is 1.02. The van der Waals surface area contributed by atoms with Crippen LogP contribution in [-0.2, 0) is 13.0 Å². The minimum Gasteiger partial charge on any atom is -0.302 e. The molecule has 1 aromatic carbocycles. The first-order valence-electron chi connectivity index (χ1n) is 7.06. The summed E-state index contributed by atoms with van der Waals surface area (Å²) >= 11 is 0. The van der Waals surface area contributed by atoms with Crippen molar-refractivity contribution in [3.05, 3.63) is 59.9 Å². The van der Waals surface area contributed by atoms with Crippen molar-refractivity contribution in [3.63, 3.8) is 0 Å². The highest BCUT2D eigenvalue weighted by atomic mass is 15.1. The van der Waals surface area contributed by atoms with Crippen molar-refractivity contribution in [2.24, 2.45) is 0 Å². The SMILES string of the molecule is CN1CCc2c(c3ccccc3n2-c2ccccn2)C1. The predicted molar refractivity (Wildman–Crippen MR) is 81.1 cm³/mol. The Kier molecular flexibility index (Phi) is 2.60. The number of benzene rings is 1. The van der Waals surface area contributed by atoms with Crippen LogP contribution in [0.15, 0.2) is 48.7 Å². The number of fused-ring (bicyclic) bond motifs is 3. The summed E-state index contributed by atoms with van der Waals surface area (Å²) in [6.45, 7) is 2.13. The van der Waals surface area contributed by atoms with E-state index in [-0.39, 0.29) is 0 Å². The fourth-order valence-corrected chi connectivity index (χ4v) is 3.19. The van der Waals surface area contributed by atoms with Gasteiger partial charge in [0.1, 0.15) is 5.82 Å². The van der Waals surface area contributed by atoms with Gasteiger partial charge in [-0.1, -0.05) is 24.3 Å². The second kappa shape index (κ2) is 4.46. The van der Waals surface area contributed by atoms with Gasteiger partial charge in [-0.3, -0.25) is 4.57 Å². The number of likely N-dealkylation sites (N-methyl/N-ethyl adjacent to an activating group) is 1. The van der Waals surface area contributed by atoms with E-state index in [1.54, 1.807) is 0 Å². The zero-order chi connectivity index (χ0) is 13.5. The molecule has 2 aromatic heterocycles. The van der Waals surface area contributed by atoms with E-state index >= 15 is 0 Å². The van der Waals surface area contributed by atoms with Gasteiger partial charge in [-0.2, -0.15) is 0 Å². The third-order valence-corrected chi connectivity index (χ3v) is 4.13. The first kappa shape index (κ1) is 11.7. The smallest absolute Gasteiger partial charge is 0.137 e. The van der Waals surface area contributed by atoms with Crippen molar-refractivity contribution >= 4 is 10.9 Å². The van der Waals surface area contributed by atoms with Crippen molar-refractivity contribution in [1.29, 1.82) is 0 Å². The number of nitrogens with zero attached hydrogens (tertiary/aromatic N) is 3.